The van der Waals surface area contributed by atoms with Crippen LogP contribution in [0.3, 0.4) is 0 Å². The molecule has 4 aromatic rings. The van der Waals surface area contributed by atoms with Crippen LogP contribution in [0.1, 0.15) is 5.69 Å². The number of aryl methyl sites for hydroxylation is 1. The van der Waals surface area contributed by atoms with Crippen molar-refractivity contribution < 1.29 is 9.13 Å². The number of benzene rings is 1. The Labute approximate surface area is 148 Å². The molecule has 7 nitrogen and oxygen atoms in total. The molecular weight excluding hydrogens is 335 g/mol. The summed E-state index contributed by atoms with van der Waals surface area (Å²) in [5, 5.41) is 12.3. The number of tetrazole rings is 1. The van der Waals surface area contributed by atoms with Gasteiger partial charge in [0, 0.05) is 30.1 Å². The maximum Gasteiger partial charge on any atom is 0.223 e. The van der Waals surface area contributed by atoms with Gasteiger partial charge in [0.2, 0.25) is 5.82 Å². The number of pyridine rings is 2. The number of halogens is 1. The highest BCUT2D eigenvalue weighted by molar-refractivity contribution is 5.48. The van der Waals surface area contributed by atoms with Crippen molar-refractivity contribution in [1.29, 1.82) is 0 Å². The Kier molecular flexibility index (Phi) is 4.06. The van der Waals surface area contributed by atoms with Crippen LogP contribution in [0.4, 0.5) is 4.39 Å². The Morgan fingerprint density at radius 1 is 1.04 bits per heavy atom. The molecule has 0 aliphatic carbocycles. The van der Waals surface area contributed by atoms with Crippen molar-refractivity contribution in [3.63, 3.8) is 0 Å². The van der Waals surface area contributed by atoms with Crippen LogP contribution in [0, 0.1) is 12.7 Å². The Morgan fingerprint density at radius 2 is 1.96 bits per heavy atom. The van der Waals surface area contributed by atoms with Gasteiger partial charge < -0.3 is 4.74 Å². The fraction of sp³-hybridized carbons (Fsp3) is 0.0556. The molecule has 0 radical (unpaired) electrons. The molecule has 0 saturated heterocycles. The van der Waals surface area contributed by atoms with Gasteiger partial charge in [0.05, 0.1) is 11.9 Å². The van der Waals surface area contributed by atoms with Crippen molar-refractivity contribution in [3.05, 3.63) is 72.4 Å². The van der Waals surface area contributed by atoms with Crippen molar-refractivity contribution in [3.8, 4) is 28.7 Å². The van der Waals surface area contributed by atoms with Gasteiger partial charge >= 0.3 is 0 Å². The highest BCUT2D eigenvalue weighted by atomic mass is 19.1. The van der Waals surface area contributed by atoms with E-state index in [1.165, 1.54) is 16.9 Å². The van der Waals surface area contributed by atoms with Crippen LogP contribution in [0.25, 0.3) is 17.2 Å². The molecule has 0 amide bonds. The molecule has 0 atom stereocenters. The van der Waals surface area contributed by atoms with Gasteiger partial charge in [0.25, 0.3) is 0 Å². The first-order chi connectivity index (χ1) is 12.7. The van der Waals surface area contributed by atoms with Gasteiger partial charge in [-0.3, -0.25) is 4.98 Å². The van der Waals surface area contributed by atoms with Crippen molar-refractivity contribution in [2.45, 2.75) is 6.92 Å². The van der Waals surface area contributed by atoms with Gasteiger partial charge in [0.15, 0.2) is 0 Å². The summed E-state index contributed by atoms with van der Waals surface area (Å²) >= 11 is 0. The highest BCUT2D eigenvalue weighted by Gasteiger charge is 2.11. The summed E-state index contributed by atoms with van der Waals surface area (Å²) in [6, 6.07) is 13.2. The quantitative estimate of drug-likeness (QED) is 0.563. The summed E-state index contributed by atoms with van der Waals surface area (Å²) in [5.41, 5.74) is 1.83. The summed E-state index contributed by atoms with van der Waals surface area (Å²) in [7, 11) is 0. The van der Waals surface area contributed by atoms with Crippen LogP contribution in [-0.2, 0) is 0 Å². The molecule has 0 aliphatic heterocycles. The molecule has 3 aromatic heterocycles. The average Bonchev–Trinajstić information content (AvgIpc) is 3.12. The van der Waals surface area contributed by atoms with Crippen LogP contribution in [0.5, 0.6) is 11.5 Å². The Balaban J connectivity index is 1.66. The summed E-state index contributed by atoms with van der Waals surface area (Å²) in [6.45, 7) is 1.88. The normalized spacial score (nSPS) is 10.7. The summed E-state index contributed by atoms with van der Waals surface area (Å²) in [6.07, 6.45) is 3.17. The lowest BCUT2D eigenvalue weighted by atomic mass is 10.3. The van der Waals surface area contributed by atoms with Crippen LogP contribution in [0.2, 0.25) is 0 Å². The van der Waals surface area contributed by atoms with E-state index < -0.39 is 5.82 Å². The van der Waals surface area contributed by atoms with Crippen LogP contribution < -0.4 is 4.74 Å². The molecule has 8 heteroatoms. The van der Waals surface area contributed by atoms with Gasteiger partial charge in [-0.25, -0.2) is 9.37 Å². The van der Waals surface area contributed by atoms with Gasteiger partial charge in [-0.15, -0.1) is 15.0 Å². The molecule has 0 spiro atoms. The molecule has 26 heavy (non-hydrogen) atoms. The smallest absolute Gasteiger partial charge is 0.223 e. The lowest BCUT2D eigenvalue weighted by Gasteiger charge is -2.07. The van der Waals surface area contributed by atoms with Crippen LogP contribution in [0.15, 0.2) is 60.9 Å². The Hall–Kier alpha value is -3.68. The van der Waals surface area contributed by atoms with E-state index in [2.05, 4.69) is 25.4 Å². The minimum absolute atomic E-state index is 0.306. The van der Waals surface area contributed by atoms with E-state index in [9.17, 15) is 4.39 Å². The largest absolute Gasteiger partial charge is 0.456 e. The monoisotopic (exact) mass is 348 g/mol. The number of ether oxygens (including phenoxy) is 1. The lowest BCUT2D eigenvalue weighted by Crippen LogP contribution is -2.00. The molecule has 1 aromatic carbocycles. The van der Waals surface area contributed by atoms with Gasteiger partial charge in [-0.2, -0.15) is 0 Å². The first kappa shape index (κ1) is 15.8. The predicted molar refractivity (Wildman–Crippen MR) is 91.4 cm³/mol. The first-order valence-corrected chi connectivity index (χ1v) is 7.80. The molecule has 0 N–H and O–H groups in total. The van der Waals surface area contributed by atoms with Crippen molar-refractivity contribution in [1.82, 2.24) is 30.2 Å². The Bertz CT molecular complexity index is 1050. The van der Waals surface area contributed by atoms with E-state index in [0.717, 1.165) is 5.69 Å². The fourth-order valence-corrected chi connectivity index (χ4v) is 2.36. The molecule has 128 valence electrons. The van der Waals surface area contributed by atoms with Gasteiger partial charge in [0.1, 0.15) is 23.0 Å². The van der Waals surface area contributed by atoms with Crippen molar-refractivity contribution in [2.24, 2.45) is 0 Å². The van der Waals surface area contributed by atoms with Crippen molar-refractivity contribution in [2.75, 3.05) is 0 Å². The molecule has 4 rings (SSSR count). The highest BCUT2D eigenvalue weighted by Crippen LogP contribution is 2.24. The second-order valence-electron chi connectivity index (χ2n) is 5.50. The number of nitrogens with zero attached hydrogens (tertiary/aromatic N) is 6. The van der Waals surface area contributed by atoms with Gasteiger partial charge in [-0.05, 0) is 36.4 Å². The molecule has 0 saturated carbocycles. The topological polar surface area (TPSA) is 78.6 Å². The predicted octanol–water partition coefficient (Wildman–Crippen LogP) is 3.36. The zero-order valence-electron chi connectivity index (χ0n) is 13.7. The molecule has 0 unspecified atom stereocenters. The van der Waals surface area contributed by atoms with Crippen LogP contribution in [-0.4, -0.2) is 30.2 Å². The number of hydrogen-bond acceptors (Lipinski definition) is 6. The minimum Gasteiger partial charge on any atom is -0.456 e. The second-order valence-corrected chi connectivity index (χ2v) is 5.50. The van der Waals surface area contributed by atoms with E-state index in [4.69, 9.17) is 4.74 Å². The molecule has 0 bridgehead atoms. The maximum absolute atomic E-state index is 14.0. The summed E-state index contributed by atoms with van der Waals surface area (Å²) in [5.74, 6) is 0.683. The van der Waals surface area contributed by atoms with E-state index in [1.807, 2.05) is 19.1 Å². The van der Waals surface area contributed by atoms with Crippen LogP contribution >= 0.6 is 0 Å². The van der Waals surface area contributed by atoms with E-state index in [-0.39, 0.29) is 0 Å². The van der Waals surface area contributed by atoms with E-state index >= 15 is 0 Å². The Morgan fingerprint density at radius 3 is 2.77 bits per heavy atom. The van der Waals surface area contributed by atoms with E-state index in [0.29, 0.717) is 28.7 Å². The molecular formula is C18H13FN6O. The lowest BCUT2D eigenvalue weighted by molar-refractivity contribution is 0.473. The van der Waals surface area contributed by atoms with E-state index in [1.54, 1.807) is 36.7 Å². The SMILES string of the molecule is Cc1cccc(-c2nnn(-c3cc(F)cc(Oc4cccnc4)c3)n2)n1. The molecule has 0 fully saturated rings. The third kappa shape index (κ3) is 3.39. The number of rotatable bonds is 4. The first-order valence-electron chi connectivity index (χ1n) is 7.80. The molecule has 0 aliphatic rings. The number of aromatic nitrogens is 6. The average molecular weight is 348 g/mol. The van der Waals surface area contributed by atoms with Crippen molar-refractivity contribution >= 4 is 0 Å². The standard InChI is InChI=1S/C18H13FN6O/c1-12-4-2-6-17(21-12)18-22-24-25(23-18)14-8-13(19)9-16(10-14)26-15-5-3-7-20-11-15/h2-11H,1H3. The maximum atomic E-state index is 14.0. The van der Waals surface area contributed by atoms with Gasteiger partial charge in [-0.1, -0.05) is 6.07 Å². The third-order valence-electron chi connectivity index (χ3n) is 3.49. The number of hydrogen-bond donors (Lipinski definition) is 0. The molecule has 3 heterocycles. The minimum atomic E-state index is -0.478. The zero-order valence-corrected chi connectivity index (χ0v) is 13.7. The summed E-state index contributed by atoms with van der Waals surface area (Å²) < 4.78 is 19.6. The fourth-order valence-electron chi connectivity index (χ4n) is 2.36. The summed E-state index contributed by atoms with van der Waals surface area (Å²) in [4.78, 5) is 9.55. The zero-order chi connectivity index (χ0) is 17.9. The second kappa shape index (κ2) is 6.67. The third-order valence-corrected chi connectivity index (χ3v) is 3.49.